The van der Waals surface area contributed by atoms with Gasteiger partial charge in [0.2, 0.25) is 0 Å². The molecule has 0 unspecified atom stereocenters. The first-order valence-electron chi connectivity index (χ1n) is 9.62. The number of anilines is 1. The van der Waals surface area contributed by atoms with Gasteiger partial charge < -0.3 is 5.32 Å². The van der Waals surface area contributed by atoms with E-state index in [-0.39, 0.29) is 5.91 Å². The van der Waals surface area contributed by atoms with Crippen molar-refractivity contribution in [1.82, 2.24) is 4.31 Å². The number of aryl methyl sites for hydroxylation is 1. The maximum Gasteiger partial charge on any atom is 0.255 e. The quantitative estimate of drug-likeness (QED) is 0.553. The SMILES string of the molecule is Cc1ccc(NC(=O)c2cccc(-c3ccc(S(=O)(=O)N4CCCC4)s3)c2)cc1Cl. The highest BCUT2D eigenvalue weighted by atomic mass is 35.5. The first-order valence-corrected chi connectivity index (χ1v) is 12.3. The van der Waals surface area contributed by atoms with E-state index in [0.717, 1.165) is 28.8 Å². The predicted molar refractivity (Wildman–Crippen MR) is 122 cm³/mol. The summed E-state index contributed by atoms with van der Waals surface area (Å²) < 4.78 is 27.4. The Hall–Kier alpha value is -2.19. The van der Waals surface area contributed by atoms with Gasteiger partial charge in [0.25, 0.3) is 15.9 Å². The van der Waals surface area contributed by atoms with Crippen molar-refractivity contribution in [2.24, 2.45) is 0 Å². The Bertz CT molecular complexity index is 1200. The average molecular weight is 461 g/mol. The van der Waals surface area contributed by atoms with Gasteiger partial charge >= 0.3 is 0 Å². The number of thiophene rings is 1. The second-order valence-corrected chi connectivity index (χ2v) is 10.9. The Morgan fingerprint density at radius 2 is 1.83 bits per heavy atom. The van der Waals surface area contributed by atoms with E-state index in [1.54, 1.807) is 46.8 Å². The fourth-order valence-corrected chi connectivity index (χ4v) is 6.51. The molecule has 1 aliphatic rings. The molecule has 156 valence electrons. The number of hydrogen-bond donors (Lipinski definition) is 1. The van der Waals surface area contributed by atoms with Crippen LogP contribution in [0.15, 0.2) is 58.8 Å². The van der Waals surface area contributed by atoms with Gasteiger partial charge in [0.1, 0.15) is 4.21 Å². The summed E-state index contributed by atoms with van der Waals surface area (Å²) in [7, 11) is -3.44. The van der Waals surface area contributed by atoms with Crippen LogP contribution in [-0.2, 0) is 10.0 Å². The number of benzene rings is 2. The van der Waals surface area contributed by atoms with Crippen molar-refractivity contribution in [2.45, 2.75) is 24.0 Å². The van der Waals surface area contributed by atoms with Crippen LogP contribution >= 0.6 is 22.9 Å². The maximum absolute atomic E-state index is 12.8. The van der Waals surface area contributed by atoms with Crippen LogP contribution in [0.4, 0.5) is 5.69 Å². The second-order valence-electron chi connectivity index (χ2n) is 7.23. The molecule has 0 saturated carbocycles. The molecule has 1 aromatic heterocycles. The number of nitrogens with zero attached hydrogens (tertiary/aromatic N) is 1. The minimum atomic E-state index is -3.44. The van der Waals surface area contributed by atoms with Gasteiger partial charge in [-0.15, -0.1) is 11.3 Å². The van der Waals surface area contributed by atoms with Crippen molar-refractivity contribution < 1.29 is 13.2 Å². The Morgan fingerprint density at radius 3 is 2.57 bits per heavy atom. The molecule has 1 amide bonds. The van der Waals surface area contributed by atoms with E-state index in [2.05, 4.69) is 5.32 Å². The second kappa shape index (κ2) is 8.51. The lowest BCUT2D eigenvalue weighted by Crippen LogP contribution is -2.27. The Labute approximate surface area is 185 Å². The minimum absolute atomic E-state index is 0.252. The molecule has 1 fully saturated rings. The zero-order chi connectivity index (χ0) is 21.3. The third kappa shape index (κ3) is 4.30. The molecule has 0 radical (unpaired) electrons. The van der Waals surface area contributed by atoms with Crippen LogP contribution in [0.2, 0.25) is 5.02 Å². The van der Waals surface area contributed by atoms with Crippen molar-refractivity contribution in [1.29, 1.82) is 0 Å². The molecule has 2 aromatic carbocycles. The van der Waals surface area contributed by atoms with E-state index in [0.29, 0.717) is 33.6 Å². The molecule has 0 aliphatic carbocycles. The molecule has 2 heterocycles. The number of amides is 1. The summed E-state index contributed by atoms with van der Waals surface area (Å²) >= 11 is 7.36. The van der Waals surface area contributed by atoms with Crippen molar-refractivity contribution in [3.63, 3.8) is 0 Å². The molecule has 5 nitrogen and oxygen atoms in total. The largest absolute Gasteiger partial charge is 0.322 e. The molecule has 30 heavy (non-hydrogen) atoms. The molecular formula is C22H21ClN2O3S2. The van der Waals surface area contributed by atoms with Gasteiger partial charge in [-0.2, -0.15) is 4.31 Å². The topological polar surface area (TPSA) is 66.5 Å². The van der Waals surface area contributed by atoms with Gasteiger partial charge in [0.15, 0.2) is 0 Å². The number of halogens is 1. The maximum atomic E-state index is 12.8. The summed E-state index contributed by atoms with van der Waals surface area (Å²) in [5, 5.41) is 3.44. The molecule has 0 bridgehead atoms. The highest BCUT2D eigenvalue weighted by Crippen LogP contribution is 2.33. The molecule has 0 spiro atoms. The van der Waals surface area contributed by atoms with E-state index >= 15 is 0 Å². The van der Waals surface area contributed by atoms with Crippen LogP contribution in [0.3, 0.4) is 0 Å². The monoisotopic (exact) mass is 460 g/mol. The molecule has 1 N–H and O–H groups in total. The van der Waals surface area contributed by atoms with Gasteiger partial charge in [-0.05, 0) is 67.3 Å². The molecule has 4 rings (SSSR count). The van der Waals surface area contributed by atoms with Crippen molar-refractivity contribution >= 4 is 44.6 Å². The van der Waals surface area contributed by atoms with Crippen LogP contribution in [0.25, 0.3) is 10.4 Å². The molecule has 1 saturated heterocycles. The summed E-state index contributed by atoms with van der Waals surface area (Å²) in [5.41, 5.74) is 2.85. The first-order chi connectivity index (χ1) is 14.3. The highest BCUT2D eigenvalue weighted by molar-refractivity contribution is 7.91. The van der Waals surface area contributed by atoms with Crippen molar-refractivity contribution in [2.75, 3.05) is 18.4 Å². The summed E-state index contributed by atoms with van der Waals surface area (Å²) in [6.07, 6.45) is 1.81. The van der Waals surface area contributed by atoms with E-state index < -0.39 is 10.0 Å². The third-order valence-corrected chi connectivity index (χ3v) is 8.99. The van der Waals surface area contributed by atoms with Gasteiger partial charge in [-0.3, -0.25) is 4.79 Å². The number of carbonyl (C=O) groups is 1. The lowest BCUT2D eigenvalue weighted by Gasteiger charge is -2.13. The Kier molecular flexibility index (Phi) is 5.97. The lowest BCUT2D eigenvalue weighted by atomic mass is 10.1. The van der Waals surface area contributed by atoms with Crippen molar-refractivity contribution in [3.8, 4) is 10.4 Å². The Balaban J connectivity index is 1.55. The normalized spacial score (nSPS) is 14.7. The van der Waals surface area contributed by atoms with Crippen LogP contribution < -0.4 is 5.32 Å². The average Bonchev–Trinajstić information content (AvgIpc) is 3.44. The van der Waals surface area contributed by atoms with E-state index in [1.165, 1.54) is 11.3 Å². The fraction of sp³-hybridized carbons (Fsp3) is 0.227. The first kappa shape index (κ1) is 21.1. The number of sulfonamides is 1. The lowest BCUT2D eigenvalue weighted by molar-refractivity contribution is 0.102. The van der Waals surface area contributed by atoms with Crippen LogP contribution in [0, 0.1) is 6.92 Å². The summed E-state index contributed by atoms with van der Waals surface area (Å²) in [6, 6.07) is 16.0. The number of rotatable bonds is 5. The van der Waals surface area contributed by atoms with Gasteiger partial charge in [-0.1, -0.05) is 29.8 Å². The molecule has 3 aromatic rings. The zero-order valence-corrected chi connectivity index (χ0v) is 18.8. The Morgan fingerprint density at radius 1 is 1.07 bits per heavy atom. The summed E-state index contributed by atoms with van der Waals surface area (Å²) in [6.45, 7) is 3.05. The molecule has 1 aliphatic heterocycles. The van der Waals surface area contributed by atoms with Crippen LogP contribution in [0.5, 0.6) is 0 Å². The van der Waals surface area contributed by atoms with Gasteiger partial charge in [-0.25, -0.2) is 8.42 Å². The number of hydrogen-bond acceptors (Lipinski definition) is 4. The number of nitrogens with one attached hydrogen (secondary N) is 1. The zero-order valence-electron chi connectivity index (χ0n) is 16.4. The van der Waals surface area contributed by atoms with Gasteiger partial charge in [0.05, 0.1) is 0 Å². The van der Waals surface area contributed by atoms with Crippen LogP contribution in [-0.4, -0.2) is 31.7 Å². The van der Waals surface area contributed by atoms with E-state index in [1.807, 2.05) is 19.1 Å². The third-order valence-electron chi connectivity index (χ3n) is 5.08. The highest BCUT2D eigenvalue weighted by Gasteiger charge is 2.28. The molecule has 8 heteroatoms. The standard InChI is InChI=1S/C22H21ClN2O3S2/c1-15-7-8-18(14-19(15)23)24-22(26)17-6-4-5-16(13-17)20-9-10-21(29-20)30(27,28)25-11-2-3-12-25/h4-10,13-14H,2-3,11-12H2,1H3,(H,24,26). The number of carbonyl (C=O) groups excluding carboxylic acids is 1. The predicted octanol–water partition coefficient (Wildman–Crippen LogP) is 5.41. The summed E-state index contributed by atoms with van der Waals surface area (Å²) in [5.74, 6) is -0.252. The van der Waals surface area contributed by atoms with Gasteiger partial charge in [0, 0.05) is 34.2 Å². The fourth-order valence-electron chi connectivity index (χ4n) is 3.36. The van der Waals surface area contributed by atoms with Crippen molar-refractivity contribution in [3.05, 3.63) is 70.7 Å². The smallest absolute Gasteiger partial charge is 0.255 e. The van der Waals surface area contributed by atoms with E-state index in [4.69, 9.17) is 11.6 Å². The van der Waals surface area contributed by atoms with Crippen LogP contribution in [0.1, 0.15) is 28.8 Å². The molecule has 0 atom stereocenters. The molecular weight excluding hydrogens is 440 g/mol. The minimum Gasteiger partial charge on any atom is -0.322 e. The van der Waals surface area contributed by atoms with E-state index in [9.17, 15) is 13.2 Å². The summed E-state index contributed by atoms with van der Waals surface area (Å²) in [4.78, 5) is 13.5.